The minimum absolute atomic E-state index is 0.366. The van der Waals surface area contributed by atoms with E-state index in [1.54, 1.807) is 0 Å². The Morgan fingerprint density at radius 1 is 1.38 bits per heavy atom. The Balaban J connectivity index is 1.79. The molecule has 0 spiro atoms. The van der Waals surface area contributed by atoms with Crippen LogP contribution >= 0.6 is 0 Å². The number of hydrogen-bond donors (Lipinski definition) is 2. The fourth-order valence-electron chi connectivity index (χ4n) is 3.25. The van der Waals surface area contributed by atoms with Gasteiger partial charge in [0.2, 0.25) is 0 Å². The number of nitrogens with one attached hydrogen (secondary N) is 1. The number of aliphatic hydroxyl groups is 1. The van der Waals surface area contributed by atoms with E-state index in [1.165, 1.54) is 11.1 Å². The highest BCUT2D eigenvalue weighted by Crippen LogP contribution is 2.19. The topological polar surface area (TPSA) is 71.8 Å². The van der Waals surface area contributed by atoms with Crippen molar-refractivity contribution in [3.8, 4) is 6.07 Å². The number of β-amino-alcohol motifs (C(OH)–C–C–N with tert-alkyl or cyclic N) is 1. The third-order valence-electron chi connectivity index (χ3n) is 4.83. The Morgan fingerprint density at radius 3 is 2.81 bits per heavy atom. The van der Waals surface area contributed by atoms with Crippen LogP contribution in [-0.2, 0) is 11.3 Å². The zero-order chi connectivity index (χ0) is 18.8. The van der Waals surface area contributed by atoms with Crippen LogP contribution < -0.4 is 10.2 Å². The number of hydrogen-bond acceptors (Lipinski definition) is 6. The summed E-state index contributed by atoms with van der Waals surface area (Å²) in [6, 6.07) is 8.65. The summed E-state index contributed by atoms with van der Waals surface area (Å²) in [6.45, 7) is 11.2. The SMILES string of the molecule is CCN(CCC#N)c1ccc(CNC[C@@H](O)CN2CCOCC2)c(C)c1. The maximum absolute atomic E-state index is 10.2. The largest absolute Gasteiger partial charge is 0.390 e. The van der Waals surface area contributed by atoms with E-state index in [1.807, 2.05) is 0 Å². The summed E-state index contributed by atoms with van der Waals surface area (Å²) in [7, 11) is 0. The lowest BCUT2D eigenvalue weighted by Gasteiger charge is -2.28. The first-order valence-corrected chi connectivity index (χ1v) is 9.54. The monoisotopic (exact) mass is 360 g/mol. The van der Waals surface area contributed by atoms with E-state index < -0.39 is 0 Å². The van der Waals surface area contributed by atoms with Crippen LogP contribution in [0.5, 0.6) is 0 Å². The van der Waals surface area contributed by atoms with Crippen LogP contribution in [0.15, 0.2) is 18.2 Å². The molecule has 6 heteroatoms. The maximum atomic E-state index is 10.2. The van der Waals surface area contributed by atoms with Crippen molar-refractivity contribution in [1.82, 2.24) is 10.2 Å². The third-order valence-corrected chi connectivity index (χ3v) is 4.83. The van der Waals surface area contributed by atoms with E-state index in [0.717, 1.165) is 51.6 Å². The number of rotatable bonds is 10. The lowest BCUT2D eigenvalue weighted by molar-refractivity contribution is 0.0149. The molecular formula is C20H32N4O2. The number of morpholine rings is 1. The first kappa shape index (κ1) is 20.7. The van der Waals surface area contributed by atoms with Crippen molar-refractivity contribution in [2.45, 2.75) is 32.9 Å². The van der Waals surface area contributed by atoms with Crippen LogP contribution in [0.4, 0.5) is 5.69 Å². The van der Waals surface area contributed by atoms with Gasteiger partial charge in [-0.25, -0.2) is 0 Å². The highest BCUT2D eigenvalue weighted by atomic mass is 16.5. The van der Waals surface area contributed by atoms with Gasteiger partial charge in [-0.3, -0.25) is 4.90 Å². The van der Waals surface area contributed by atoms with Crippen LogP contribution in [0, 0.1) is 18.3 Å². The molecule has 1 heterocycles. The van der Waals surface area contributed by atoms with Gasteiger partial charge in [-0.15, -0.1) is 0 Å². The molecule has 26 heavy (non-hydrogen) atoms. The highest BCUT2D eigenvalue weighted by molar-refractivity contribution is 5.50. The number of benzene rings is 1. The summed E-state index contributed by atoms with van der Waals surface area (Å²) in [4.78, 5) is 4.47. The van der Waals surface area contributed by atoms with Gasteiger partial charge in [-0.1, -0.05) is 6.07 Å². The fraction of sp³-hybridized carbons (Fsp3) is 0.650. The summed E-state index contributed by atoms with van der Waals surface area (Å²) >= 11 is 0. The summed E-state index contributed by atoms with van der Waals surface area (Å²) < 4.78 is 5.33. The van der Waals surface area contributed by atoms with Crippen LogP contribution in [0.25, 0.3) is 0 Å². The highest BCUT2D eigenvalue weighted by Gasteiger charge is 2.14. The number of aliphatic hydroxyl groups excluding tert-OH is 1. The molecule has 1 fully saturated rings. The average molecular weight is 361 g/mol. The predicted octanol–water partition coefficient (Wildman–Crippen LogP) is 1.52. The molecule has 2 rings (SSSR count). The van der Waals surface area contributed by atoms with E-state index in [4.69, 9.17) is 10.00 Å². The molecule has 1 saturated heterocycles. The quantitative estimate of drug-likeness (QED) is 0.659. The molecule has 1 aromatic carbocycles. The molecule has 1 aromatic rings. The normalized spacial score (nSPS) is 16.2. The molecule has 0 unspecified atom stereocenters. The van der Waals surface area contributed by atoms with Crippen LogP contribution in [0.3, 0.4) is 0 Å². The standard InChI is InChI=1S/C20H32N4O2/c1-3-24(8-4-7-21)19-6-5-18(17(2)13-19)14-22-15-20(25)16-23-9-11-26-12-10-23/h5-6,13,20,22,25H,3-4,8-12,14-16H2,1-2H3/t20-/m1/s1. The minimum Gasteiger partial charge on any atom is -0.390 e. The molecule has 1 atom stereocenters. The second-order valence-corrected chi connectivity index (χ2v) is 6.80. The Labute approximate surface area is 157 Å². The lowest BCUT2D eigenvalue weighted by Crippen LogP contribution is -2.43. The molecule has 0 radical (unpaired) electrons. The van der Waals surface area contributed by atoms with Gasteiger partial charge < -0.3 is 20.1 Å². The molecule has 0 aromatic heterocycles. The van der Waals surface area contributed by atoms with Crippen molar-refractivity contribution in [3.63, 3.8) is 0 Å². The lowest BCUT2D eigenvalue weighted by atomic mass is 10.1. The number of ether oxygens (including phenoxy) is 1. The summed E-state index contributed by atoms with van der Waals surface area (Å²) in [5.41, 5.74) is 3.63. The first-order valence-electron chi connectivity index (χ1n) is 9.54. The van der Waals surface area contributed by atoms with Gasteiger partial charge in [-0.05, 0) is 37.1 Å². The van der Waals surface area contributed by atoms with E-state index in [0.29, 0.717) is 19.5 Å². The molecule has 0 amide bonds. The van der Waals surface area contributed by atoms with Gasteiger partial charge in [0, 0.05) is 51.5 Å². The molecule has 6 nitrogen and oxygen atoms in total. The van der Waals surface area contributed by atoms with Crippen LogP contribution in [0.2, 0.25) is 0 Å². The van der Waals surface area contributed by atoms with Crippen molar-refractivity contribution < 1.29 is 9.84 Å². The van der Waals surface area contributed by atoms with Crippen molar-refractivity contribution in [1.29, 1.82) is 5.26 Å². The van der Waals surface area contributed by atoms with Crippen molar-refractivity contribution in [3.05, 3.63) is 29.3 Å². The van der Waals surface area contributed by atoms with E-state index in [2.05, 4.69) is 53.2 Å². The summed E-state index contributed by atoms with van der Waals surface area (Å²) in [5.74, 6) is 0. The molecule has 0 bridgehead atoms. The molecule has 144 valence electrons. The Hall–Kier alpha value is -1.65. The summed E-state index contributed by atoms with van der Waals surface area (Å²) in [6.07, 6.45) is 0.172. The molecule has 2 N–H and O–H groups in total. The molecule has 1 aliphatic heterocycles. The average Bonchev–Trinajstić information content (AvgIpc) is 2.65. The number of nitriles is 1. The molecule has 0 aliphatic carbocycles. The second-order valence-electron chi connectivity index (χ2n) is 6.80. The molecule has 0 saturated carbocycles. The van der Waals surface area contributed by atoms with Gasteiger partial charge in [0.25, 0.3) is 0 Å². The second kappa shape index (κ2) is 11.1. The number of aryl methyl sites for hydroxylation is 1. The Bertz CT molecular complexity index is 582. The van der Waals surface area contributed by atoms with Gasteiger partial charge >= 0.3 is 0 Å². The van der Waals surface area contributed by atoms with Gasteiger partial charge in [0.15, 0.2) is 0 Å². The zero-order valence-electron chi connectivity index (χ0n) is 16.1. The first-order chi connectivity index (χ1) is 12.6. The Kier molecular flexibility index (Phi) is 8.86. The van der Waals surface area contributed by atoms with Crippen molar-refractivity contribution in [2.75, 3.05) is 57.4 Å². The Morgan fingerprint density at radius 2 is 2.15 bits per heavy atom. The van der Waals surface area contributed by atoms with E-state index >= 15 is 0 Å². The third kappa shape index (κ3) is 6.58. The molecule has 1 aliphatic rings. The van der Waals surface area contributed by atoms with E-state index in [-0.39, 0.29) is 6.10 Å². The number of nitrogens with zero attached hydrogens (tertiary/aromatic N) is 3. The van der Waals surface area contributed by atoms with E-state index in [9.17, 15) is 5.11 Å². The fourth-order valence-corrected chi connectivity index (χ4v) is 3.25. The number of anilines is 1. The smallest absolute Gasteiger partial charge is 0.0791 e. The molecular weight excluding hydrogens is 328 g/mol. The van der Waals surface area contributed by atoms with Gasteiger partial charge in [-0.2, -0.15) is 5.26 Å². The van der Waals surface area contributed by atoms with Crippen molar-refractivity contribution in [2.24, 2.45) is 0 Å². The predicted molar refractivity (Wildman–Crippen MR) is 104 cm³/mol. The zero-order valence-corrected chi connectivity index (χ0v) is 16.1. The van der Waals surface area contributed by atoms with Gasteiger partial charge in [0.1, 0.15) is 0 Å². The van der Waals surface area contributed by atoms with Crippen LogP contribution in [0.1, 0.15) is 24.5 Å². The van der Waals surface area contributed by atoms with Crippen molar-refractivity contribution >= 4 is 5.69 Å². The van der Waals surface area contributed by atoms with Crippen LogP contribution in [-0.4, -0.2) is 68.6 Å². The maximum Gasteiger partial charge on any atom is 0.0791 e. The van der Waals surface area contributed by atoms with Gasteiger partial charge in [0.05, 0.1) is 31.8 Å². The summed E-state index contributed by atoms with van der Waals surface area (Å²) in [5, 5.41) is 22.4. The minimum atomic E-state index is -0.366.